The number of ether oxygens (including phenoxy) is 7. The standard InChI is InChI=1S/C22H34O12/c1-13(23)28-10-8-6-7-9-11-29-22-21(33-17(5)27)20(32-16(4)26)19(31-15(3)25)18(34-22)12-30-14(2)24/h18-22H,6-12H2,1-5H3/t18-,19-,20+,21-,22-/m1/s1. The van der Waals surface area contributed by atoms with Crippen molar-refractivity contribution >= 4 is 29.8 Å². The molecule has 12 heteroatoms. The largest absolute Gasteiger partial charge is 0.466 e. The second kappa shape index (κ2) is 15.2. The van der Waals surface area contributed by atoms with Crippen molar-refractivity contribution in [1.82, 2.24) is 0 Å². The smallest absolute Gasteiger partial charge is 0.303 e. The molecular weight excluding hydrogens is 456 g/mol. The highest BCUT2D eigenvalue weighted by Gasteiger charge is 2.52. The second-order valence-electron chi connectivity index (χ2n) is 7.69. The molecular formula is C22H34O12. The first-order chi connectivity index (χ1) is 16.0. The predicted octanol–water partition coefficient (Wildman–Crippen LogP) is 1.21. The predicted molar refractivity (Wildman–Crippen MR) is 113 cm³/mol. The normalized spacial score (nSPS) is 24.0. The molecule has 5 atom stereocenters. The van der Waals surface area contributed by atoms with E-state index >= 15 is 0 Å². The maximum atomic E-state index is 11.8. The van der Waals surface area contributed by atoms with Gasteiger partial charge in [0.2, 0.25) is 0 Å². The highest BCUT2D eigenvalue weighted by Crippen LogP contribution is 2.30. The Morgan fingerprint density at radius 2 is 1.09 bits per heavy atom. The van der Waals surface area contributed by atoms with Crippen LogP contribution in [0.25, 0.3) is 0 Å². The number of unbranched alkanes of at least 4 members (excludes halogenated alkanes) is 3. The van der Waals surface area contributed by atoms with Gasteiger partial charge in [0.1, 0.15) is 12.7 Å². The van der Waals surface area contributed by atoms with E-state index in [9.17, 15) is 24.0 Å². The molecule has 0 bridgehead atoms. The van der Waals surface area contributed by atoms with Crippen LogP contribution in [-0.2, 0) is 57.1 Å². The fourth-order valence-electron chi connectivity index (χ4n) is 3.30. The van der Waals surface area contributed by atoms with E-state index in [4.69, 9.17) is 33.2 Å². The molecule has 0 N–H and O–H groups in total. The molecule has 194 valence electrons. The maximum absolute atomic E-state index is 11.8. The summed E-state index contributed by atoms with van der Waals surface area (Å²) in [5.41, 5.74) is 0. The maximum Gasteiger partial charge on any atom is 0.303 e. The van der Waals surface area contributed by atoms with Crippen LogP contribution in [0.3, 0.4) is 0 Å². The fraction of sp³-hybridized carbons (Fsp3) is 0.773. The summed E-state index contributed by atoms with van der Waals surface area (Å²) < 4.78 is 37.5. The summed E-state index contributed by atoms with van der Waals surface area (Å²) in [6.45, 7) is 6.25. The van der Waals surface area contributed by atoms with Gasteiger partial charge < -0.3 is 33.2 Å². The van der Waals surface area contributed by atoms with Crippen LogP contribution in [0, 0.1) is 0 Å². The number of carbonyl (C=O) groups is 5. The van der Waals surface area contributed by atoms with Crippen LogP contribution in [0.4, 0.5) is 0 Å². The minimum atomic E-state index is -1.26. The summed E-state index contributed by atoms with van der Waals surface area (Å²) in [5, 5.41) is 0. The molecule has 1 aliphatic rings. The molecule has 1 rings (SSSR count). The number of esters is 5. The summed E-state index contributed by atoms with van der Waals surface area (Å²) >= 11 is 0. The SMILES string of the molecule is CC(=O)OCCCCCCO[C@@H]1O[C@H](COC(C)=O)[C@@H](OC(C)=O)[C@H](OC(C)=O)[C@H]1OC(C)=O. The van der Waals surface area contributed by atoms with E-state index in [-0.39, 0.29) is 19.2 Å². The molecule has 1 fully saturated rings. The molecule has 0 aromatic carbocycles. The van der Waals surface area contributed by atoms with Gasteiger partial charge in [-0.25, -0.2) is 0 Å². The van der Waals surface area contributed by atoms with Gasteiger partial charge in [-0.15, -0.1) is 0 Å². The van der Waals surface area contributed by atoms with Crippen LogP contribution in [-0.4, -0.2) is 80.4 Å². The Bertz CT molecular complexity index is 706. The highest BCUT2D eigenvalue weighted by molar-refractivity contribution is 5.68. The Labute approximate surface area is 198 Å². The molecule has 0 amide bonds. The third-order valence-corrected chi connectivity index (χ3v) is 4.57. The van der Waals surface area contributed by atoms with E-state index < -0.39 is 54.6 Å². The van der Waals surface area contributed by atoms with E-state index in [0.29, 0.717) is 19.4 Å². The quantitative estimate of drug-likeness (QED) is 0.207. The Morgan fingerprint density at radius 3 is 1.62 bits per heavy atom. The van der Waals surface area contributed by atoms with Crippen molar-refractivity contribution in [2.75, 3.05) is 19.8 Å². The van der Waals surface area contributed by atoms with Gasteiger partial charge >= 0.3 is 29.8 Å². The monoisotopic (exact) mass is 490 g/mol. The zero-order valence-corrected chi connectivity index (χ0v) is 20.2. The van der Waals surface area contributed by atoms with Crippen molar-refractivity contribution in [2.24, 2.45) is 0 Å². The van der Waals surface area contributed by atoms with E-state index in [1.165, 1.54) is 13.8 Å². The van der Waals surface area contributed by atoms with Gasteiger partial charge in [-0.3, -0.25) is 24.0 Å². The summed E-state index contributed by atoms with van der Waals surface area (Å²) in [5.74, 6) is -3.02. The minimum Gasteiger partial charge on any atom is -0.466 e. The topological polar surface area (TPSA) is 150 Å². The van der Waals surface area contributed by atoms with Gasteiger partial charge in [0.15, 0.2) is 24.6 Å². The summed E-state index contributed by atoms with van der Waals surface area (Å²) in [4.78, 5) is 57.3. The van der Waals surface area contributed by atoms with E-state index in [1.807, 2.05) is 0 Å². The van der Waals surface area contributed by atoms with Crippen molar-refractivity contribution in [1.29, 1.82) is 0 Å². The van der Waals surface area contributed by atoms with Gasteiger partial charge in [0, 0.05) is 41.2 Å². The number of carbonyl (C=O) groups excluding carboxylic acids is 5. The molecule has 0 aliphatic carbocycles. The van der Waals surface area contributed by atoms with Gasteiger partial charge in [-0.05, 0) is 19.3 Å². The minimum absolute atomic E-state index is 0.210. The molecule has 1 aliphatic heterocycles. The van der Waals surface area contributed by atoms with Crippen LogP contribution in [0.2, 0.25) is 0 Å². The zero-order chi connectivity index (χ0) is 25.7. The summed E-state index contributed by atoms with van der Waals surface area (Å²) in [7, 11) is 0. The highest BCUT2D eigenvalue weighted by atomic mass is 16.7. The average Bonchev–Trinajstić information content (AvgIpc) is 2.71. The number of rotatable bonds is 13. The Morgan fingerprint density at radius 1 is 0.588 bits per heavy atom. The Hall–Kier alpha value is -2.73. The van der Waals surface area contributed by atoms with Crippen LogP contribution in [0.15, 0.2) is 0 Å². The molecule has 0 saturated carbocycles. The summed E-state index contributed by atoms with van der Waals surface area (Å²) in [6, 6.07) is 0. The van der Waals surface area contributed by atoms with Gasteiger partial charge in [0.25, 0.3) is 0 Å². The third kappa shape index (κ3) is 11.4. The Kier molecular flexibility index (Phi) is 13.1. The molecule has 0 unspecified atom stereocenters. The average molecular weight is 491 g/mol. The number of hydrogen-bond acceptors (Lipinski definition) is 12. The van der Waals surface area contributed by atoms with Crippen molar-refractivity contribution in [3.05, 3.63) is 0 Å². The molecule has 0 spiro atoms. The van der Waals surface area contributed by atoms with E-state index in [0.717, 1.165) is 33.6 Å². The van der Waals surface area contributed by atoms with Crippen LogP contribution < -0.4 is 0 Å². The van der Waals surface area contributed by atoms with Gasteiger partial charge in [0.05, 0.1) is 6.61 Å². The lowest BCUT2D eigenvalue weighted by Gasteiger charge is -2.44. The van der Waals surface area contributed by atoms with Crippen LogP contribution in [0.1, 0.15) is 60.3 Å². The molecule has 0 aromatic heterocycles. The van der Waals surface area contributed by atoms with Gasteiger partial charge in [-0.2, -0.15) is 0 Å². The molecule has 1 saturated heterocycles. The lowest BCUT2D eigenvalue weighted by molar-refractivity contribution is -0.308. The van der Waals surface area contributed by atoms with Crippen LogP contribution >= 0.6 is 0 Å². The van der Waals surface area contributed by atoms with Gasteiger partial charge in [-0.1, -0.05) is 6.42 Å². The third-order valence-electron chi connectivity index (χ3n) is 4.57. The first kappa shape index (κ1) is 29.3. The number of hydrogen-bond donors (Lipinski definition) is 0. The first-order valence-corrected chi connectivity index (χ1v) is 11.1. The fourth-order valence-corrected chi connectivity index (χ4v) is 3.30. The molecule has 1 heterocycles. The van der Waals surface area contributed by atoms with Crippen LogP contribution in [0.5, 0.6) is 0 Å². The zero-order valence-electron chi connectivity index (χ0n) is 20.2. The van der Waals surface area contributed by atoms with Crippen molar-refractivity contribution in [3.8, 4) is 0 Å². The van der Waals surface area contributed by atoms with Crippen molar-refractivity contribution in [3.63, 3.8) is 0 Å². The van der Waals surface area contributed by atoms with Crippen molar-refractivity contribution in [2.45, 2.75) is 91.0 Å². The molecule has 0 aromatic rings. The molecule has 12 nitrogen and oxygen atoms in total. The van der Waals surface area contributed by atoms with Crippen molar-refractivity contribution < 1.29 is 57.1 Å². The first-order valence-electron chi connectivity index (χ1n) is 11.1. The lowest BCUT2D eigenvalue weighted by Crippen LogP contribution is -2.63. The van der Waals surface area contributed by atoms with E-state index in [1.54, 1.807) is 0 Å². The Balaban J connectivity index is 2.92. The summed E-state index contributed by atoms with van der Waals surface area (Å²) in [6.07, 6.45) is -3.03. The van der Waals surface area contributed by atoms with E-state index in [2.05, 4.69) is 0 Å². The molecule has 34 heavy (non-hydrogen) atoms. The lowest BCUT2D eigenvalue weighted by atomic mass is 9.98. The molecule has 0 radical (unpaired) electrons. The second-order valence-corrected chi connectivity index (χ2v) is 7.69.